The third-order valence-electron chi connectivity index (χ3n) is 3.66. The number of carbonyl (C=O) groups is 3. The minimum absolute atomic E-state index is 0.0208. The molecule has 1 aromatic rings. The quantitative estimate of drug-likeness (QED) is 0.752. The standard InChI is InChI=1S/C17H22N2O3/c1-11-3-4-12(2)14(9-11)15(20)7-8-16(21)18-10-17(22)19-13-5-6-13/h3-4,9,13H,5-8,10H2,1-2H3,(H,18,21)(H,19,22). The van der Waals surface area contributed by atoms with Gasteiger partial charge in [0.15, 0.2) is 5.78 Å². The molecule has 22 heavy (non-hydrogen) atoms. The monoisotopic (exact) mass is 302 g/mol. The molecule has 1 saturated carbocycles. The van der Waals surface area contributed by atoms with E-state index in [-0.39, 0.29) is 43.0 Å². The lowest BCUT2D eigenvalue weighted by Crippen LogP contribution is -2.37. The Bertz CT molecular complexity index is 592. The highest BCUT2D eigenvalue weighted by Crippen LogP contribution is 2.18. The summed E-state index contributed by atoms with van der Waals surface area (Å²) in [6.07, 6.45) is 2.29. The van der Waals surface area contributed by atoms with Gasteiger partial charge in [0, 0.05) is 24.4 Å². The van der Waals surface area contributed by atoms with Crippen LogP contribution in [0, 0.1) is 13.8 Å². The smallest absolute Gasteiger partial charge is 0.239 e. The van der Waals surface area contributed by atoms with E-state index in [0.717, 1.165) is 24.0 Å². The lowest BCUT2D eigenvalue weighted by molar-refractivity contribution is -0.126. The molecular weight excluding hydrogens is 280 g/mol. The second-order valence-electron chi connectivity index (χ2n) is 5.86. The summed E-state index contributed by atoms with van der Waals surface area (Å²) in [6, 6.07) is 6.00. The summed E-state index contributed by atoms with van der Waals surface area (Å²) in [5, 5.41) is 5.34. The Hall–Kier alpha value is -2.17. The second kappa shape index (κ2) is 7.20. The molecule has 2 rings (SSSR count). The van der Waals surface area contributed by atoms with Crippen molar-refractivity contribution in [3.63, 3.8) is 0 Å². The van der Waals surface area contributed by atoms with E-state index in [1.165, 1.54) is 0 Å². The first-order valence-corrected chi connectivity index (χ1v) is 7.62. The van der Waals surface area contributed by atoms with Gasteiger partial charge >= 0.3 is 0 Å². The van der Waals surface area contributed by atoms with Gasteiger partial charge in [-0.05, 0) is 38.3 Å². The molecule has 0 unspecified atom stereocenters. The number of hydrogen-bond acceptors (Lipinski definition) is 3. The van der Waals surface area contributed by atoms with Gasteiger partial charge in [-0.15, -0.1) is 0 Å². The Morgan fingerprint density at radius 3 is 2.50 bits per heavy atom. The fourth-order valence-electron chi connectivity index (χ4n) is 2.17. The zero-order valence-corrected chi connectivity index (χ0v) is 13.1. The predicted molar refractivity (Wildman–Crippen MR) is 83.7 cm³/mol. The van der Waals surface area contributed by atoms with Crippen molar-refractivity contribution in [2.45, 2.75) is 45.6 Å². The molecule has 5 heteroatoms. The number of carbonyl (C=O) groups excluding carboxylic acids is 3. The molecule has 118 valence electrons. The number of aryl methyl sites for hydroxylation is 2. The van der Waals surface area contributed by atoms with Gasteiger partial charge in [0.25, 0.3) is 0 Å². The lowest BCUT2D eigenvalue weighted by Gasteiger charge is -2.07. The Balaban J connectivity index is 1.74. The Kier molecular flexibility index (Phi) is 5.31. The SMILES string of the molecule is Cc1ccc(C)c(C(=O)CCC(=O)NCC(=O)NC2CC2)c1. The first-order chi connectivity index (χ1) is 10.5. The van der Waals surface area contributed by atoms with E-state index in [9.17, 15) is 14.4 Å². The van der Waals surface area contributed by atoms with Gasteiger partial charge in [-0.2, -0.15) is 0 Å². The molecule has 0 atom stereocenters. The average Bonchev–Trinajstić information content (AvgIpc) is 3.29. The fourth-order valence-corrected chi connectivity index (χ4v) is 2.17. The van der Waals surface area contributed by atoms with Gasteiger partial charge in [0.05, 0.1) is 6.54 Å². The number of Topliss-reactive ketones (excluding diaryl/α,β-unsaturated/α-hetero) is 1. The van der Waals surface area contributed by atoms with Crippen LogP contribution in [0.3, 0.4) is 0 Å². The molecule has 0 aliphatic heterocycles. The molecule has 0 spiro atoms. The van der Waals surface area contributed by atoms with Crippen LogP contribution in [0.1, 0.15) is 47.2 Å². The molecule has 2 N–H and O–H groups in total. The van der Waals surface area contributed by atoms with Crippen LogP contribution in [0.4, 0.5) is 0 Å². The van der Waals surface area contributed by atoms with Crippen molar-refractivity contribution in [2.75, 3.05) is 6.54 Å². The third-order valence-corrected chi connectivity index (χ3v) is 3.66. The van der Waals surface area contributed by atoms with Crippen LogP contribution in [0.5, 0.6) is 0 Å². The number of benzene rings is 1. The van der Waals surface area contributed by atoms with E-state index in [1.807, 2.05) is 32.0 Å². The van der Waals surface area contributed by atoms with Gasteiger partial charge in [0.2, 0.25) is 11.8 Å². The first-order valence-electron chi connectivity index (χ1n) is 7.62. The highest BCUT2D eigenvalue weighted by atomic mass is 16.2. The topological polar surface area (TPSA) is 75.3 Å². The highest BCUT2D eigenvalue weighted by molar-refractivity contribution is 5.99. The van der Waals surface area contributed by atoms with E-state index in [2.05, 4.69) is 10.6 Å². The van der Waals surface area contributed by atoms with E-state index < -0.39 is 0 Å². The van der Waals surface area contributed by atoms with Crippen LogP contribution < -0.4 is 10.6 Å². The maximum Gasteiger partial charge on any atom is 0.239 e. The van der Waals surface area contributed by atoms with Gasteiger partial charge in [-0.3, -0.25) is 14.4 Å². The van der Waals surface area contributed by atoms with E-state index >= 15 is 0 Å². The van der Waals surface area contributed by atoms with Gasteiger partial charge in [-0.1, -0.05) is 17.7 Å². The van der Waals surface area contributed by atoms with Crippen molar-refractivity contribution in [1.82, 2.24) is 10.6 Å². The predicted octanol–water partition coefficient (Wildman–Crippen LogP) is 1.66. The van der Waals surface area contributed by atoms with Crippen LogP contribution in [0.15, 0.2) is 18.2 Å². The number of nitrogens with one attached hydrogen (secondary N) is 2. The van der Waals surface area contributed by atoms with E-state index in [0.29, 0.717) is 5.56 Å². The number of amides is 2. The molecular formula is C17H22N2O3. The Morgan fingerprint density at radius 1 is 1.09 bits per heavy atom. The molecule has 1 fully saturated rings. The van der Waals surface area contributed by atoms with E-state index in [1.54, 1.807) is 0 Å². The van der Waals surface area contributed by atoms with Crippen LogP contribution in [0.2, 0.25) is 0 Å². The van der Waals surface area contributed by atoms with Crippen molar-refractivity contribution >= 4 is 17.6 Å². The van der Waals surface area contributed by atoms with Crippen LogP contribution in [-0.4, -0.2) is 30.2 Å². The largest absolute Gasteiger partial charge is 0.352 e. The minimum Gasteiger partial charge on any atom is -0.352 e. The summed E-state index contributed by atoms with van der Waals surface area (Å²) in [4.78, 5) is 35.3. The molecule has 1 aliphatic carbocycles. The number of hydrogen-bond donors (Lipinski definition) is 2. The highest BCUT2D eigenvalue weighted by Gasteiger charge is 2.23. The Labute approximate surface area is 130 Å². The van der Waals surface area contributed by atoms with Crippen molar-refractivity contribution in [3.05, 3.63) is 34.9 Å². The molecule has 1 aromatic carbocycles. The molecule has 0 aromatic heterocycles. The zero-order chi connectivity index (χ0) is 16.1. The lowest BCUT2D eigenvalue weighted by atomic mass is 9.99. The van der Waals surface area contributed by atoms with Crippen molar-refractivity contribution < 1.29 is 14.4 Å². The maximum absolute atomic E-state index is 12.2. The van der Waals surface area contributed by atoms with Crippen LogP contribution in [-0.2, 0) is 9.59 Å². The minimum atomic E-state index is -0.274. The molecule has 0 heterocycles. The average molecular weight is 302 g/mol. The van der Waals surface area contributed by atoms with Crippen molar-refractivity contribution in [2.24, 2.45) is 0 Å². The second-order valence-corrected chi connectivity index (χ2v) is 5.86. The van der Waals surface area contributed by atoms with E-state index in [4.69, 9.17) is 0 Å². The first kappa shape index (κ1) is 16.2. The summed E-state index contributed by atoms with van der Waals surface area (Å²) < 4.78 is 0. The molecule has 0 saturated heterocycles. The maximum atomic E-state index is 12.2. The van der Waals surface area contributed by atoms with Crippen molar-refractivity contribution in [3.8, 4) is 0 Å². The third kappa shape index (κ3) is 4.98. The normalized spacial score (nSPS) is 13.5. The number of rotatable bonds is 7. The summed E-state index contributed by atoms with van der Waals surface area (Å²) in [5.74, 6) is -0.486. The van der Waals surface area contributed by atoms with Crippen LogP contribution >= 0.6 is 0 Å². The fraction of sp³-hybridized carbons (Fsp3) is 0.471. The molecule has 0 bridgehead atoms. The summed E-state index contributed by atoms with van der Waals surface area (Å²) in [5.41, 5.74) is 2.61. The van der Waals surface area contributed by atoms with Crippen LogP contribution in [0.25, 0.3) is 0 Å². The number of ketones is 1. The van der Waals surface area contributed by atoms with Gasteiger partial charge in [0.1, 0.15) is 0 Å². The van der Waals surface area contributed by atoms with Gasteiger partial charge in [-0.25, -0.2) is 0 Å². The van der Waals surface area contributed by atoms with Gasteiger partial charge < -0.3 is 10.6 Å². The Morgan fingerprint density at radius 2 is 1.82 bits per heavy atom. The molecule has 1 aliphatic rings. The molecule has 2 amide bonds. The summed E-state index contributed by atoms with van der Waals surface area (Å²) in [6.45, 7) is 3.80. The summed E-state index contributed by atoms with van der Waals surface area (Å²) in [7, 11) is 0. The molecule has 5 nitrogen and oxygen atoms in total. The summed E-state index contributed by atoms with van der Waals surface area (Å²) >= 11 is 0. The zero-order valence-electron chi connectivity index (χ0n) is 13.1. The molecule has 0 radical (unpaired) electrons. The van der Waals surface area contributed by atoms with Crippen molar-refractivity contribution in [1.29, 1.82) is 0 Å².